The molecule has 2 saturated heterocycles. The molecule has 0 saturated carbocycles. The first-order valence-electron chi connectivity index (χ1n) is 8.09. The van der Waals surface area contributed by atoms with Crippen molar-refractivity contribution in [3.63, 3.8) is 0 Å². The van der Waals surface area contributed by atoms with E-state index in [1.807, 2.05) is 0 Å². The maximum atomic E-state index is 12.0. The summed E-state index contributed by atoms with van der Waals surface area (Å²) in [4.78, 5) is 25.5. The molecule has 2 unspecified atom stereocenters. The number of alkyl carbamates (subject to hydrolysis) is 1. The van der Waals surface area contributed by atoms with Gasteiger partial charge in [-0.3, -0.25) is 15.0 Å². The molecule has 6 nitrogen and oxygen atoms in total. The summed E-state index contributed by atoms with van der Waals surface area (Å²) < 4.78 is 4.74. The van der Waals surface area contributed by atoms with Crippen LogP contribution in [0.2, 0.25) is 0 Å². The summed E-state index contributed by atoms with van der Waals surface area (Å²) in [6.07, 6.45) is 5.05. The number of fused-ring (bicyclic) bond motifs is 2. The molecule has 2 N–H and O–H groups in total. The Morgan fingerprint density at radius 2 is 1.90 bits per heavy atom. The third-order valence-corrected chi connectivity index (χ3v) is 4.34. The van der Waals surface area contributed by atoms with Gasteiger partial charge in [0, 0.05) is 18.1 Å². The van der Waals surface area contributed by atoms with Gasteiger partial charge >= 0.3 is 6.09 Å². The highest BCUT2D eigenvalue weighted by molar-refractivity contribution is 5.92. The maximum absolute atomic E-state index is 12.0. The number of nitrogens with one attached hydrogen (secondary N) is 2. The topological polar surface area (TPSA) is 70.7 Å². The minimum atomic E-state index is -0.649. The number of hydrogen-bond donors (Lipinski definition) is 2. The number of hydrogen-bond acceptors (Lipinski definition) is 5. The van der Waals surface area contributed by atoms with Crippen LogP contribution in [0.25, 0.3) is 0 Å². The highest BCUT2D eigenvalue weighted by Crippen LogP contribution is 2.29. The van der Waals surface area contributed by atoms with Gasteiger partial charge in [-0.2, -0.15) is 0 Å². The first-order chi connectivity index (χ1) is 10.1. The number of rotatable bonds is 6. The predicted octanol–water partition coefficient (Wildman–Crippen LogP) is 1.25. The smallest absolute Gasteiger partial charge is 0.413 e. The van der Waals surface area contributed by atoms with Gasteiger partial charge in [-0.05, 0) is 45.6 Å². The van der Waals surface area contributed by atoms with E-state index in [9.17, 15) is 9.59 Å². The van der Waals surface area contributed by atoms with Gasteiger partial charge < -0.3 is 10.1 Å². The van der Waals surface area contributed by atoms with E-state index in [2.05, 4.69) is 22.5 Å². The molecule has 2 heterocycles. The van der Waals surface area contributed by atoms with E-state index in [0.717, 1.165) is 25.8 Å². The molecule has 2 aliphatic rings. The number of nitrogens with zero attached hydrogens (tertiary/aromatic N) is 1. The monoisotopic (exact) mass is 297 g/mol. The fourth-order valence-electron chi connectivity index (χ4n) is 3.51. The van der Waals surface area contributed by atoms with Gasteiger partial charge in [0.25, 0.3) is 0 Å². The Bertz CT molecular complexity index is 363. The lowest BCUT2D eigenvalue weighted by Gasteiger charge is -2.37. The van der Waals surface area contributed by atoms with Gasteiger partial charge in [-0.1, -0.05) is 6.92 Å². The van der Waals surface area contributed by atoms with Crippen molar-refractivity contribution in [2.75, 3.05) is 19.7 Å². The van der Waals surface area contributed by atoms with Crippen LogP contribution in [0.1, 0.15) is 46.0 Å². The Morgan fingerprint density at radius 1 is 1.24 bits per heavy atom. The predicted molar refractivity (Wildman–Crippen MR) is 80.0 cm³/mol. The van der Waals surface area contributed by atoms with Crippen molar-refractivity contribution in [1.82, 2.24) is 15.5 Å². The van der Waals surface area contributed by atoms with Crippen molar-refractivity contribution in [3.8, 4) is 0 Å². The first kappa shape index (κ1) is 16.2. The van der Waals surface area contributed by atoms with Crippen molar-refractivity contribution >= 4 is 12.0 Å². The third kappa shape index (κ3) is 4.68. The SMILES string of the molecule is CCCN(CC(=O)NC(=O)OCC)C1CC2CCC(C1)N2. The third-order valence-electron chi connectivity index (χ3n) is 4.34. The second kappa shape index (κ2) is 7.75. The number of carbonyl (C=O) groups excluding carboxylic acids is 2. The fourth-order valence-corrected chi connectivity index (χ4v) is 3.51. The molecule has 0 aliphatic carbocycles. The molecule has 6 heteroatoms. The molecule has 0 aromatic rings. The van der Waals surface area contributed by atoms with E-state index in [1.165, 1.54) is 12.8 Å². The largest absolute Gasteiger partial charge is 0.450 e. The van der Waals surface area contributed by atoms with Crippen LogP contribution in [0.5, 0.6) is 0 Å². The minimum absolute atomic E-state index is 0.271. The van der Waals surface area contributed by atoms with Crippen molar-refractivity contribution < 1.29 is 14.3 Å². The summed E-state index contributed by atoms with van der Waals surface area (Å²) in [5.74, 6) is -0.271. The lowest BCUT2D eigenvalue weighted by Crippen LogP contribution is -2.51. The van der Waals surface area contributed by atoms with E-state index < -0.39 is 6.09 Å². The van der Waals surface area contributed by atoms with Crippen LogP contribution in [-0.4, -0.2) is 54.7 Å². The minimum Gasteiger partial charge on any atom is -0.450 e. The molecule has 2 rings (SSSR count). The summed E-state index contributed by atoms with van der Waals surface area (Å²) in [6.45, 7) is 5.27. The fraction of sp³-hybridized carbons (Fsp3) is 0.867. The first-order valence-corrected chi connectivity index (χ1v) is 8.09. The van der Waals surface area contributed by atoms with Gasteiger partial charge in [0.2, 0.25) is 5.91 Å². The lowest BCUT2D eigenvalue weighted by molar-refractivity contribution is -0.122. The van der Waals surface area contributed by atoms with Crippen LogP contribution in [0, 0.1) is 0 Å². The summed E-state index contributed by atoms with van der Waals surface area (Å²) >= 11 is 0. The highest BCUT2D eigenvalue weighted by Gasteiger charge is 2.36. The second-order valence-electron chi connectivity index (χ2n) is 6.00. The van der Waals surface area contributed by atoms with Crippen molar-refractivity contribution in [2.24, 2.45) is 0 Å². The number of amides is 2. The highest BCUT2D eigenvalue weighted by atomic mass is 16.5. The van der Waals surface area contributed by atoms with Gasteiger partial charge in [-0.25, -0.2) is 4.79 Å². The molecule has 0 aromatic heterocycles. The molecule has 0 spiro atoms. The summed E-state index contributed by atoms with van der Waals surface area (Å²) in [5.41, 5.74) is 0. The molecule has 2 bridgehead atoms. The average molecular weight is 297 g/mol. The molecular weight excluding hydrogens is 270 g/mol. The average Bonchev–Trinajstić information content (AvgIpc) is 2.77. The van der Waals surface area contributed by atoms with E-state index in [-0.39, 0.29) is 19.1 Å². The number of ether oxygens (including phenoxy) is 1. The van der Waals surface area contributed by atoms with Gasteiger partial charge in [-0.15, -0.1) is 0 Å². The Morgan fingerprint density at radius 3 is 2.48 bits per heavy atom. The van der Waals surface area contributed by atoms with Crippen LogP contribution >= 0.6 is 0 Å². The molecular formula is C15H27N3O3. The lowest BCUT2D eigenvalue weighted by atomic mass is 9.98. The standard InChI is InChI=1S/C15H27N3O3/c1-3-7-18(10-14(19)17-15(20)21-4-2)13-8-11-5-6-12(9-13)16-11/h11-13,16H,3-10H2,1-2H3,(H,17,19,20). The quantitative estimate of drug-likeness (QED) is 0.772. The number of carbonyl (C=O) groups is 2. The van der Waals surface area contributed by atoms with E-state index >= 15 is 0 Å². The molecule has 120 valence electrons. The van der Waals surface area contributed by atoms with Crippen molar-refractivity contribution in [2.45, 2.75) is 64.1 Å². The second-order valence-corrected chi connectivity index (χ2v) is 6.00. The van der Waals surface area contributed by atoms with E-state index in [1.54, 1.807) is 6.92 Å². The van der Waals surface area contributed by atoms with Crippen LogP contribution in [0.4, 0.5) is 4.79 Å². The summed E-state index contributed by atoms with van der Waals surface area (Å²) in [5, 5.41) is 5.91. The molecule has 0 aromatic carbocycles. The zero-order valence-corrected chi connectivity index (χ0v) is 13.1. The normalized spacial score (nSPS) is 27.7. The number of piperidine rings is 1. The van der Waals surface area contributed by atoms with Crippen LogP contribution in [0.3, 0.4) is 0 Å². The van der Waals surface area contributed by atoms with Crippen LogP contribution in [-0.2, 0) is 9.53 Å². The van der Waals surface area contributed by atoms with E-state index in [0.29, 0.717) is 18.1 Å². The Hall–Kier alpha value is -1.14. The van der Waals surface area contributed by atoms with Crippen molar-refractivity contribution in [1.29, 1.82) is 0 Å². The molecule has 2 aliphatic heterocycles. The molecule has 21 heavy (non-hydrogen) atoms. The van der Waals surface area contributed by atoms with Crippen LogP contribution < -0.4 is 10.6 Å². The Labute approximate surface area is 126 Å². The molecule has 2 fully saturated rings. The zero-order valence-electron chi connectivity index (χ0n) is 13.1. The van der Waals surface area contributed by atoms with Gasteiger partial charge in [0.05, 0.1) is 13.2 Å². The Balaban J connectivity index is 1.86. The summed E-state index contributed by atoms with van der Waals surface area (Å²) in [7, 11) is 0. The number of imide groups is 1. The van der Waals surface area contributed by atoms with Gasteiger partial charge in [0.1, 0.15) is 0 Å². The molecule has 2 amide bonds. The van der Waals surface area contributed by atoms with Gasteiger partial charge in [0.15, 0.2) is 0 Å². The zero-order chi connectivity index (χ0) is 15.2. The van der Waals surface area contributed by atoms with E-state index in [4.69, 9.17) is 4.74 Å². The Kier molecular flexibility index (Phi) is 5.99. The molecule has 2 atom stereocenters. The maximum Gasteiger partial charge on any atom is 0.413 e. The molecule has 0 radical (unpaired) electrons. The van der Waals surface area contributed by atoms with Crippen LogP contribution in [0.15, 0.2) is 0 Å². The summed E-state index contributed by atoms with van der Waals surface area (Å²) in [6, 6.07) is 1.64. The van der Waals surface area contributed by atoms with Crippen molar-refractivity contribution in [3.05, 3.63) is 0 Å².